The molecular weight excluding hydrogens is 306 g/mol. The number of nitrogens with zero attached hydrogens (tertiary/aromatic N) is 1. The van der Waals surface area contributed by atoms with Crippen molar-refractivity contribution < 1.29 is 19.1 Å². The molecule has 2 heterocycles. The molecule has 0 aliphatic carbocycles. The summed E-state index contributed by atoms with van der Waals surface area (Å²) in [6.45, 7) is 2.71. The zero-order valence-electron chi connectivity index (χ0n) is 12.1. The fourth-order valence-corrected chi connectivity index (χ4v) is 3.15. The number of amides is 1. The second-order valence-corrected chi connectivity index (χ2v) is 6.32. The number of hydrogen-bond acceptors (Lipinski definition) is 3. The molecule has 1 saturated heterocycles. The Morgan fingerprint density at radius 1 is 1.32 bits per heavy atom. The van der Waals surface area contributed by atoms with Crippen molar-refractivity contribution in [3.05, 3.63) is 35.0 Å². The number of furan rings is 1. The molecule has 0 saturated carbocycles. The molecule has 1 aromatic heterocycles. The van der Waals surface area contributed by atoms with Crippen molar-refractivity contribution in [3.63, 3.8) is 0 Å². The Balaban J connectivity index is 1.86. The van der Waals surface area contributed by atoms with E-state index in [2.05, 4.69) is 0 Å². The number of carbonyl (C=O) groups is 2. The summed E-state index contributed by atoms with van der Waals surface area (Å²) in [6, 6.07) is 6.80. The minimum Gasteiger partial charge on any atom is -0.481 e. The van der Waals surface area contributed by atoms with E-state index in [0.29, 0.717) is 23.6 Å². The SMILES string of the molecule is CC1CC(C(=O)O)CN(C(=O)c2cc3cc(Cl)ccc3o2)C1. The van der Waals surface area contributed by atoms with Gasteiger partial charge in [0.05, 0.1) is 5.92 Å². The highest BCUT2D eigenvalue weighted by Gasteiger charge is 2.33. The number of carboxylic acid groups (broad SMARTS) is 1. The molecule has 1 N–H and O–H groups in total. The van der Waals surface area contributed by atoms with Crippen molar-refractivity contribution in [3.8, 4) is 0 Å². The van der Waals surface area contributed by atoms with Crippen molar-refractivity contribution in [1.82, 2.24) is 4.90 Å². The van der Waals surface area contributed by atoms with E-state index < -0.39 is 11.9 Å². The summed E-state index contributed by atoms with van der Waals surface area (Å²) < 4.78 is 5.57. The highest BCUT2D eigenvalue weighted by atomic mass is 35.5. The smallest absolute Gasteiger partial charge is 0.308 e. The number of carboxylic acids is 1. The summed E-state index contributed by atoms with van der Waals surface area (Å²) in [4.78, 5) is 25.3. The molecule has 1 aromatic carbocycles. The highest BCUT2D eigenvalue weighted by molar-refractivity contribution is 6.31. The lowest BCUT2D eigenvalue weighted by Gasteiger charge is -2.34. The second kappa shape index (κ2) is 5.65. The van der Waals surface area contributed by atoms with Crippen molar-refractivity contribution in [1.29, 1.82) is 0 Å². The van der Waals surface area contributed by atoms with Crippen LogP contribution < -0.4 is 0 Å². The van der Waals surface area contributed by atoms with Crippen molar-refractivity contribution in [2.24, 2.45) is 11.8 Å². The Kier molecular flexibility index (Phi) is 3.83. The summed E-state index contributed by atoms with van der Waals surface area (Å²) in [6.07, 6.45) is 0.592. The van der Waals surface area contributed by atoms with Gasteiger partial charge in [-0.3, -0.25) is 9.59 Å². The number of aliphatic carboxylic acids is 1. The van der Waals surface area contributed by atoms with E-state index >= 15 is 0 Å². The number of carbonyl (C=O) groups excluding carboxylic acids is 1. The number of likely N-dealkylation sites (tertiary alicyclic amines) is 1. The Hall–Kier alpha value is -2.01. The minimum atomic E-state index is -0.860. The van der Waals surface area contributed by atoms with Crippen LogP contribution in [0.15, 0.2) is 28.7 Å². The lowest BCUT2D eigenvalue weighted by Crippen LogP contribution is -2.45. The number of piperidine rings is 1. The van der Waals surface area contributed by atoms with Gasteiger partial charge in [-0.15, -0.1) is 0 Å². The first-order valence-electron chi connectivity index (χ1n) is 7.15. The number of rotatable bonds is 2. The molecule has 2 unspecified atom stereocenters. The molecule has 3 rings (SSSR count). The monoisotopic (exact) mass is 321 g/mol. The fourth-order valence-electron chi connectivity index (χ4n) is 2.97. The molecule has 2 atom stereocenters. The summed E-state index contributed by atoms with van der Waals surface area (Å²) in [7, 11) is 0. The Labute approximate surface area is 132 Å². The molecule has 116 valence electrons. The molecule has 2 aromatic rings. The molecular formula is C16H16ClNO4. The standard InChI is InChI=1S/C16H16ClNO4/c1-9-4-11(16(20)21)8-18(7-9)15(19)14-6-10-5-12(17)2-3-13(10)22-14/h2-3,5-6,9,11H,4,7-8H2,1H3,(H,20,21). The van der Waals surface area contributed by atoms with E-state index in [9.17, 15) is 14.7 Å². The first-order valence-corrected chi connectivity index (χ1v) is 7.53. The molecule has 6 heteroatoms. The van der Waals surface area contributed by atoms with E-state index in [0.717, 1.165) is 5.39 Å². The predicted octanol–water partition coefficient (Wildman–Crippen LogP) is 3.27. The maximum Gasteiger partial charge on any atom is 0.308 e. The van der Waals surface area contributed by atoms with Crippen LogP contribution in [-0.2, 0) is 4.79 Å². The van der Waals surface area contributed by atoms with Gasteiger partial charge in [-0.25, -0.2) is 0 Å². The van der Waals surface area contributed by atoms with Gasteiger partial charge in [0.1, 0.15) is 5.58 Å². The average Bonchev–Trinajstić information content (AvgIpc) is 2.88. The van der Waals surface area contributed by atoms with E-state index in [1.165, 1.54) is 0 Å². The number of hydrogen-bond donors (Lipinski definition) is 1. The third-order valence-corrected chi connectivity index (χ3v) is 4.22. The van der Waals surface area contributed by atoms with E-state index in [1.54, 1.807) is 29.2 Å². The zero-order chi connectivity index (χ0) is 15.9. The highest BCUT2D eigenvalue weighted by Crippen LogP contribution is 2.27. The van der Waals surface area contributed by atoms with Gasteiger partial charge in [0.2, 0.25) is 0 Å². The largest absolute Gasteiger partial charge is 0.481 e. The molecule has 1 fully saturated rings. The molecule has 0 spiro atoms. The summed E-state index contributed by atoms with van der Waals surface area (Å²) in [5.41, 5.74) is 0.590. The van der Waals surface area contributed by atoms with Crippen molar-refractivity contribution >= 4 is 34.4 Å². The maximum absolute atomic E-state index is 12.6. The van der Waals surface area contributed by atoms with Gasteiger partial charge in [-0.1, -0.05) is 18.5 Å². The normalized spacial score (nSPS) is 22.0. The Morgan fingerprint density at radius 3 is 2.82 bits per heavy atom. The van der Waals surface area contributed by atoms with Crippen LogP contribution in [0.25, 0.3) is 11.0 Å². The van der Waals surface area contributed by atoms with Gasteiger partial charge >= 0.3 is 5.97 Å². The van der Waals surface area contributed by atoms with Gasteiger partial charge in [-0.05, 0) is 36.6 Å². The molecule has 22 heavy (non-hydrogen) atoms. The number of benzene rings is 1. The van der Waals surface area contributed by atoms with Crippen LogP contribution in [0.3, 0.4) is 0 Å². The molecule has 0 radical (unpaired) electrons. The van der Waals surface area contributed by atoms with Gasteiger partial charge in [0, 0.05) is 23.5 Å². The average molecular weight is 322 g/mol. The van der Waals surface area contributed by atoms with Gasteiger partial charge in [0.15, 0.2) is 5.76 Å². The summed E-state index contributed by atoms with van der Waals surface area (Å²) >= 11 is 5.93. The van der Waals surface area contributed by atoms with E-state index in [-0.39, 0.29) is 24.1 Å². The van der Waals surface area contributed by atoms with Crippen LogP contribution in [0.1, 0.15) is 23.9 Å². The molecule has 1 aliphatic rings. The predicted molar refractivity (Wildman–Crippen MR) is 82.0 cm³/mol. The lowest BCUT2D eigenvalue weighted by atomic mass is 9.90. The number of fused-ring (bicyclic) bond motifs is 1. The lowest BCUT2D eigenvalue weighted by molar-refractivity contribution is -0.143. The summed E-state index contributed by atoms with van der Waals surface area (Å²) in [5, 5.41) is 10.5. The second-order valence-electron chi connectivity index (χ2n) is 5.88. The van der Waals surface area contributed by atoms with Gasteiger partial charge in [0.25, 0.3) is 5.91 Å². The van der Waals surface area contributed by atoms with Crippen molar-refractivity contribution in [2.45, 2.75) is 13.3 Å². The molecule has 0 bridgehead atoms. The topological polar surface area (TPSA) is 70.8 Å². The molecule has 5 nitrogen and oxygen atoms in total. The third-order valence-electron chi connectivity index (χ3n) is 3.99. The summed E-state index contributed by atoms with van der Waals surface area (Å²) in [5.74, 6) is -1.29. The van der Waals surface area contributed by atoms with Crippen molar-refractivity contribution in [2.75, 3.05) is 13.1 Å². The zero-order valence-corrected chi connectivity index (χ0v) is 12.8. The number of halogens is 1. The maximum atomic E-state index is 12.6. The first-order chi connectivity index (χ1) is 10.4. The van der Waals surface area contributed by atoms with Crippen LogP contribution in [0, 0.1) is 11.8 Å². The van der Waals surface area contributed by atoms with E-state index in [4.69, 9.17) is 16.0 Å². The van der Waals surface area contributed by atoms with Gasteiger partial charge in [-0.2, -0.15) is 0 Å². The first kappa shape index (κ1) is 14.9. The Bertz CT molecular complexity index is 739. The Morgan fingerprint density at radius 2 is 2.09 bits per heavy atom. The van der Waals surface area contributed by atoms with Crippen LogP contribution in [0.5, 0.6) is 0 Å². The van der Waals surface area contributed by atoms with Crippen LogP contribution >= 0.6 is 11.6 Å². The van der Waals surface area contributed by atoms with Crippen LogP contribution in [0.4, 0.5) is 0 Å². The minimum absolute atomic E-state index is 0.151. The van der Waals surface area contributed by atoms with Crippen LogP contribution in [0.2, 0.25) is 5.02 Å². The van der Waals surface area contributed by atoms with Crippen LogP contribution in [-0.4, -0.2) is 35.0 Å². The molecule has 1 amide bonds. The van der Waals surface area contributed by atoms with E-state index in [1.807, 2.05) is 6.92 Å². The molecule has 1 aliphatic heterocycles. The fraction of sp³-hybridized carbons (Fsp3) is 0.375. The quantitative estimate of drug-likeness (QED) is 0.921. The third kappa shape index (κ3) is 2.81. The van der Waals surface area contributed by atoms with Gasteiger partial charge < -0.3 is 14.4 Å².